The highest BCUT2D eigenvalue weighted by Gasteiger charge is 2.10. The molecule has 84 valence electrons. The van der Waals surface area contributed by atoms with Crippen molar-refractivity contribution in [3.63, 3.8) is 0 Å². The molecule has 2 aromatic rings. The lowest BCUT2D eigenvalue weighted by Gasteiger charge is -2.13. The van der Waals surface area contributed by atoms with E-state index in [0.717, 1.165) is 0 Å². The molecule has 0 aliphatic carbocycles. The Balaban J connectivity index is 2.61. The number of anilines is 1. The number of carbonyl (C=O) groups is 1. The lowest BCUT2D eigenvalue weighted by Crippen LogP contribution is -2.31. The third-order valence-electron chi connectivity index (χ3n) is 2.49. The van der Waals surface area contributed by atoms with Crippen LogP contribution >= 0.6 is 0 Å². The Hall–Kier alpha value is -2.24. The number of nitrogens with two attached hydrogens (primary N) is 1. The molecule has 2 N–H and O–H groups in total. The number of nitrogens with zero attached hydrogens (tertiary/aromatic N) is 2. The molecule has 0 saturated heterocycles. The van der Waals surface area contributed by atoms with Crippen LogP contribution in [0.1, 0.15) is 0 Å². The van der Waals surface area contributed by atoms with E-state index in [2.05, 4.69) is 0 Å². The summed E-state index contributed by atoms with van der Waals surface area (Å²) in [7, 11) is 3.16. The first-order valence-corrected chi connectivity index (χ1v) is 4.63. The Morgan fingerprint density at radius 2 is 2.19 bits per heavy atom. The second kappa shape index (κ2) is 3.41. The molecular formula is C10H11N3O3. The molecular weight excluding hydrogens is 210 g/mol. The van der Waals surface area contributed by atoms with Gasteiger partial charge in [-0.25, -0.2) is 9.59 Å². The first-order valence-electron chi connectivity index (χ1n) is 4.63. The van der Waals surface area contributed by atoms with E-state index in [-0.39, 0.29) is 0 Å². The van der Waals surface area contributed by atoms with Gasteiger partial charge in [0.25, 0.3) is 0 Å². The van der Waals surface area contributed by atoms with Crippen molar-refractivity contribution in [1.29, 1.82) is 0 Å². The fraction of sp³-hybridized carbons (Fsp3) is 0.200. The minimum Gasteiger partial charge on any atom is -0.408 e. The van der Waals surface area contributed by atoms with E-state index < -0.39 is 11.8 Å². The number of fused-ring (bicyclic) bond motifs is 1. The van der Waals surface area contributed by atoms with Crippen LogP contribution < -0.4 is 16.4 Å². The molecule has 0 radical (unpaired) electrons. The van der Waals surface area contributed by atoms with E-state index in [0.29, 0.717) is 16.8 Å². The Labute approximate surface area is 90.9 Å². The number of hydrogen-bond acceptors (Lipinski definition) is 3. The predicted molar refractivity (Wildman–Crippen MR) is 59.4 cm³/mol. The zero-order valence-corrected chi connectivity index (χ0v) is 8.93. The molecule has 6 heteroatoms. The van der Waals surface area contributed by atoms with Crippen LogP contribution in [0.3, 0.4) is 0 Å². The quantitative estimate of drug-likeness (QED) is 0.767. The number of aryl methyl sites for hydroxylation is 1. The normalized spacial score (nSPS) is 10.6. The van der Waals surface area contributed by atoms with Crippen LogP contribution in [0.25, 0.3) is 11.1 Å². The van der Waals surface area contributed by atoms with Gasteiger partial charge >= 0.3 is 11.8 Å². The van der Waals surface area contributed by atoms with Gasteiger partial charge in [0.1, 0.15) is 0 Å². The highest BCUT2D eigenvalue weighted by Crippen LogP contribution is 2.20. The molecule has 1 aromatic carbocycles. The van der Waals surface area contributed by atoms with Crippen molar-refractivity contribution in [3.05, 3.63) is 28.7 Å². The van der Waals surface area contributed by atoms with E-state index in [9.17, 15) is 9.59 Å². The van der Waals surface area contributed by atoms with E-state index in [1.54, 1.807) is 32.3 Å². The molecule has 0 atom stereocenters. The predicted octanol–water partition coefficient (Wildman–Crippen LogP) is 0.646. The third kappa shape index (κ3) is 1.44. The summed E-state index contributed by atoms with van der Waals surface area (Å²) in [6.07, 6.45) is 0. The summed E-state index contributed by atoms with van der Waals surface area (Å²) < 4.78 is 6.39. The molecule has 16 heavy (non-hydrogen) atoms. The van der Waals surface area contributed by atoms with Crippen molar-refractivity contribution in [2.45, 2.75) is 0 Å². The molecule has 0 spiro atoms. The van der Waals surface area contributed by atoms with E-state index in [4.69, 9.17) is 10.2 Å². The fourth-order valence-corrected chi connectivity index (χ4v) is 1.46. The van der Waals surface area contributed by atoms with Gasteiger partial charge < -0.3 is 10.2 Å². The Morgan fingerprint density at radius 3 is 2.81 bits per heavy atom. The average Bonchev–Trinajstić information content (AvgIpc) is 2.53. The van der Waals surface area contributed by atoms with Gasteiger partial charge in [-0.3, -0.25) is 9.47 Å². The Bertz CT molecular complexity index is 611. The second-order valence-electron chi connectivity index (χ2n) is 3.48. The van der Waals surface area contributed by atoms with Crippen LogP contribution in [0.15, 0.2) is 27.4 Å². The summed E-state index contributed by atoms with van der Waals surface area (Å²) in [5.41, 5.74) is 6.82. The van der Waals surface area contributed by atoms with E-state index in [1.807, 2.05) is 0 Å². The number of primary amides is 1. The lowest BCUT2D eigenvalue weighted by atomic mass is 10.2. The zero-order valence-electron chi connectivity index (χ0n) is 8.93. The molecule has 6 nitrogen and oxygen atoms in total. The van der Waals surface area contributed by atoms with Crippen molar-refractivity contribution in [2.24, 2.45) is 12.8 Å². The van der Waals surface area contributed by atoms with Gasteiger partial charge in [0, 0.05) is 25.8 Å². The van der Waals surface area contributed by atoms with Crippen molar-refractivity contribution in [3.8, 4) is 0 Å². The van der Waals surface area contributed by atoms with Gasteiger partial charge in [-0.05, 0) is 12.1 Å². The molecule has 0 unspecified atom stereocenters. The minimum atomic E-state index is -0.572. The SMILES string of the molecule is CN(C(N)=O)c1ccc2c(c1)oc(=O)n2C. The summed E-state index contributed by atoms with van der Waals surface area (Å²) in [6.45, 7) is 0. The fourth-order valence-electron chi connectivity index (χ4n) is 1.46. The van der Waals surface area contributed by atoms with E-state index >= 15 is 0 Å². The summed E-state index contributed by atoms with van der Waals surface area (Å²) in [5, 5.41) is 0. The molecule has 1 heterocycles. The van der Waals surface area contributed by atoms with Crippen LogP contribution in [0, 0.1) is 0 Å². The van der Waals surface area contributed by atoms with Gasteiger partial charge in [0.2, 0.25) is 0 Å². The molecule has 2 amide bonds. The number of aromatic nitrogens is 1. The smallest absolute Gasteiger partial charge is 0.408 e. The maximum Gasteiger partial charge on any atom is 0.419 e. The highest BCUT2D eigenvalue weighted by atomic mass is 16.4. The van der Waals surface area contributed by atoms with Gasteiger partial charge in [-0.15, -0.1) is 0 Å². The van der Waals surface area contributed by atoms with Crippen LogP contribution in [0.2, 0.25) is 0 Å². The van der Waals surface area contributed by atoms with Crippen LogP contribution in [0.5, 0.6) is 0 Å². The molecule has 0 saturated carbocycles. The monoisotopic (exact) mass is 221 g/mol. The minimum absolute atomic E-state index is 0.429. The molecule has 0 aliphatic rings. The number of rotatable bonds is 1. The van der Waals surface area contributed by atoms with Crippen molar-refractivity contribution < 1.29 is 9.21 Å². The summed E-state index contributed by atoms with van der Waals surface area (Å²) in [6, 6.07) is 4.43. The first kappa shape index (κ1) is 10.3. The number of benzene rings is 1. The zero-order chi connectivity index (χ0) is 11.9. The summed E-state index contributed by atoms with van der Waals surface area (Å²) in [4.78, 5) is 23.5. The lowest BCUT2D eigenvalue weighted by molar-refractivity contribution is 0.255. The van der Waals surface area contributed by atoms with Crippen LogP contribution in [0.4, 0.5) is 10.5 Å². The molecule has 1 aromatic heterocycles. The number of carbonyl (C=O) groups excluding carboxylic acids is 1. The summed E-state index contributed by atoms with van der Waals surface area (Å²) >= 11 is 0. The molecule has 0 bridgehead atoms. The average molecular weight is 221 g/mol. The van der Waals surface area contributed by atoms with Crippen molar-refractivity contribution in [1.82, 2.24) is 4.57 Å². The number of urea groups is 1. The number of oxazole rings is 1. The van der Waals surface area contributed by atoms with Crippen molar-refractivity contribution in [2.75, 3.05) is 11.9 Å². The van der Waals surface area contributed by atoms with Crippen molar-refractivity contribution >= 4 is 22.8 Å². The number of hydrogen-bond donors (Lipinski definition) is 1. The van der Waals surface area contributed by atoms with E-state index in [1.165, 1.54) is 9.47 Å². The Kier molecular flexibility index (Phi) is 2.19. The molecule has 2 rings (SSSR count). The van der Waals surface area contributed by atoms with Crippen LogP contribution in [-0.4, -0.2) is 17.6 Å². The maximum absolute atomic E-state index is 11.2. The molecule has 0 aliphatic heterocycles. The van der Waals surface area contributed by atoms with Gasteiger partial charge in [0.05, 0.1) is 5.52 Å². The topological polar surface area (TPSA) is 81.5 Å². The Morgan fingerprint density at radius 1 is 1.50 bits per heavy atom. The summed E-state index contributed by atoms with van der Waals surface area (Å²) in [5.74, 6) is -0.436. The standard InChI is InChI=1S/C10H11N3O3/c1-12(9(11)14)6-3-4-7-8(5-6)16-10(15)13(7)2/h3-5H,1-2H3,(H2,11,14). The maximum atomic E-state index is 11.2. The van der Waals surface area contributed by atoms with Gasteiger partial charge in [0.15, 0.2) is 5.58 Å². The van der Waals surface area contributed by atoms with Gasteiger partial charge in [-0.1, -0.05) is 0 Å². The third-order valence-corrected chi connectivity index (χ3v) is 2.49. The highest BCUT2D eigenvalue weighted by molar-refractivity contribution is 5.92. The largest absolute Gasteiger partial charge is 0.419 e. The van der Waals surface area contributed by atoms with Crippen LogP contribution in [-0.2, 0) is 7.05 Å². The number of amides is 2. The second-order valence-corrected chi connectivity index (χ2v) is 3.48. The molecule has 0 fully saturated rings. The first-order chi connectivity index (χ1) is 7.50. The van der Waals surface area contributed by atoms with Gasteiger partial charge in [-0.2, -0.15) is 0 Å².